The van der Waals surface area contributed by atoms with Gasteiger partial charge in [-0.2, -0.15) is 0 Å². The molecular formula is C21H32N6OS. The van der Waals surface area contributed by atoms with Gasteiger partial charge in [0.2, 0.25) is 5.91 Å². The highest BCUT2D eigenvalue weighted by Crippen LogP contribution is 2.30. The van der Waals surface area contributed by atoms with Crippen LogP contribution in [-0.2, 0) is 4.79 Å². The first-order valence-electron chi connectivity index (χ1n) is 10.9. The van der Waals surface area contributed by atoms with Crippen LogP contribution in [0.1, 0.15) is 26.2 Å². The Morgan fingerprint density at radius 3 is 2.86 bits per heavy atom. The molecule has 2 fully saturated rings. The molecule has 8 heteroatoms. The fraction of sp³-hybridized carbons (Fsp3) is 0.667. The smallest absolute Gasteiger partial charge is 0.224 e. The van der Waals surface area contributed by atoms with Gasteiger partial charge in [-0.05, 0) is 44.5 Å². The van der Waals surface area contributed by atoms with Gasteiger partial charge < -0.3 is 20.0 Å². The number of hydrogen-bond donors (Lipinski definition) is 1. The fourth-order valence-corrected chi connectivity index (χ4v) is 5.19. The first kappa shape index (κ1) is 20.5. The lowest BCUT2D eigenvalue weighted by Gasteiger charge is -2.34. The molecule has 4 rings (SSSR count). The van der Waals surface area contributed by atoms with Crippen LogP contribution in [0.4, 0.5) is 5.13 Å². The van der Waals surface area contributed by atoms with Crippen molar-refractivity contribution in [1.82, 2.24) is 25.1 Å². The Labute approximate surface area is 177 Å². The van der Waals surface area contributed by atoms with Crippen molar-refractivity contribution in [1.29, 1.82) is 0 Å². The highest BCUT2D eigenvalue weighted by Gasteiger charge is 2.27. The lowest BCUT2D eigenvalue weighted by Crippen LogP contribution is -2.47. The van der Waals surface area contributed by atoms with E-state index in [1.807, 2.05) is 12.1 Å². The number of piperidine rings is 1. The number of carbonyl (C=O) groups is 1. The highest BCUT2D eigenvalue weighted by atomic mass is 32.1. The number of fused-ring (bicyclic) bond motifs is 1. The minimum absolute atomic E-state index is 0.0526. The third-order valence-corrected chi connectivity index (χ3v) is 7.12. The standard InChI is InChI=1S/C21H32N6OS/c1-2-25-12-14-26(15-13-25)10-5-9-22-19(28)17-6-4-11-27(16-17)21-24-18-7-3-8-23-20(18)29-21/h3,7-8,17H,2,4-6,9-16H2,1H3,(H,22,28)/t17-/m1/s1. The molecule has 2 aromatic heterocycles. The van der Waals surface area contributed by atoms with Crippen molar-refractivity contribution in [3.05, 3.63) is 18.3 Å². The van der Waals surface area contributed by atoms with Crippen LogP contribution >= 0.6 is 11.3 Å². The Hall–Kier alpha value is -1.77. The van der Waals surface area contributed by atoms with Gasteiger partial charge in [-0.1, -0.05) is 18.3 Å². The van der Waals surface area contributed by atoms with Crippen LogP contribution < -0.4 is 10.2 Å². The van der Waals surface area contributed by atoms with E-state index in [1.54, 1.807) is 17.5 Å². The van der Waals surface area contributed by atoms with Gasteiger partial charge in [-0.3, -0.25) is 4.79 Å². The van der Waals surface area contributed by atoms with Gasteiger partial charge in [0.05, 0.1) is 5.92 Å². The first-order chi connectivity index (χ1) is 14.2. The summed E-state index contributed by atoms with van der Waals surface area (Å²) in [5.74, 6) is 0.251. The summed E-state index contributed by atoms with van der Waals surface area (Å²) in [5.41, 5.74) is 0.943. The molecule has 0 bridgehead atoms. The van der Waals surface area contributed by atoms with Gasteiger partial charge in [0.1, 0.15) is 10.3 Å². The molecule has 1 amide bonds. The third-order valence-electron chi connectivity index (χ3n) is 6.08. The van der Waals surface area contributed by atoms with E-state index in [9.17, 15) is 4.79 Å². The van der Waals surface area contributed by atoms with Gasteiger partial charge >= 0.3 is 0 Å². The summed E-state index contributed by atoms with van der Waals surface area (Å²) < 4.78 is 0. The maximum Gasteiger partial charge on any atom is 0.224 e. The van der Waals surface area contributed by atoms with Crippen molar-refractivity contribution in [3.63, 3.8) is 0 Å². The second kappa shape index (κ2) is 9.82. The fourth-order valence-electron chi connectivity index (χ4n) is 4.25. The normalized spacial score (nSPS) is 21.6. The first-order valence-corrected chi connectivity index (χ1v) is 11.7. The average Bonchev–Trinajstić information content (AvgIpc) is 3.21. The minimum atomic E-state index is 0.0526. The summed E-state index contributed by atoms with van der Waals surface area (Å²) in [6.07, 6.45) is 4.83. The topological polar surface area (TPSA) is 64.6 Å². The number of thiazole rings is 1. The van der Waals surface area contributed by atoms with Crippen LogP contribution in [0.5, 0.6) is 0 Å². The number of rotatable bonds is 7. The molecule has 1 N–H and O–H groups in total. The summed E-state index contributed by atoms with van der Waals surface area (Å²) in [5, 5.41) is 4.17. The summed E-state index contributed by atoms with van der Waals surface area (Å²) in [7, 11) is 0. The van der Waals surface area contributed by atoms with Crippen molar-refractivity contribution >= 4 is 32.7 Å². The number of amides is 1. The monoisotopic (exact) mass is 416 g/mol. The summed E-state index contributed by atoms with van der Waals surface area (Å²) >= 11 is 1.62. The zero-order valence-electron chi connectivity index (χ0n) is 17.3. The summed E-state index contributed by atoms with van der Waals surface area (Å²) in [6.45, 7) is 11.6. The lowest BCUT2D eigenvalue weighted by atomic mass is 9.97. The molecule has 29 heavy (non-hydrogen) atoms. The number of anilines is 1. The second-order valence-corrected chi connectivity index (χ2v) is 8.99. The van der Waals surface area contributed by atoms with Gasteiger partial charge in [-0.25, -0.2) is 9.97 Å². The predicted molar refractivity (Wildman–Crippen MR) is 119 cm³/mol. The Bertz CT molecular complexity index is 770. The SMILES string of the molecule is CCN1CCN(CCCNC(=O)[C@@H]2CCCN(c3nc4cccnc4s3)C2)CC1. The molecule has 2 aliphatic rings. The van der Waals surface area contributed by atoms with E-state index in [-0.39, 0.29) is 11.8 Å². The molecule has 0 aromatic carbocycles. The van der Waals surface area contributed by atoms with Crippen molar-refractivity contribution < 1.29 is 4.79 Å². The zero-order chi connectivity index (χ0) is 20.1. The summed E-state index contributed by atoms with van der Waals surface area (Å²) in [6, 6.07) is 3.92. The van der Waals surface area contributed by atoms with Crippen LogP contribution in [0.3, 0.4) is 0 Å². The molecule has 0 aliphatic carbocycles. The van der Waals surface area contributed by atoms with E-state index in [2.05, 4.69) is 31.9 Å². The number of piperazine rings is 1. The Morgan fingerprint density at radius 1 is 1.24 bits per heavy atom. The van der Waals surface area contributed by atoms with E-state index in [1.165, 1.54) is 13.1 Å². The predicted octanol–water partition coefficient (Wildman–Crippen LogP) is 2.05. The zero-order valence-corrected chi connectivity index (χ0v) is 18.2. The molecule has 1 atom stereocenters. The Balaban J connectivity index is 1.21. The van der Waals surface area contributed by atoms with Crippen molar-refractivity contribution in [2.24, 2.45) is 5.92 Å². The molecule has 158 valence electrons. The lowest BCUT2D eigenvalue weighted by molar-refractivity contribution is -0.125. The highest BCUT2D eigenvalue weighted by molar-refractivity contribution is 7.21. The number of nitrogens with zero attached hydrogens (tertiary/aromatic N) is 5. The maximum absolute atomic E-state index is 12.7. The van der Waals surface area contributed by atoms with Crippen LogP contribution in [0.15, 0.2) is 18.3 Å². The van der Waals surface area contributed by atoms with E-state index in [0.29, 0.717) is 0 Å². The van der Waals surface area contributed by atoms with Crippen LogP contribution in [0.25, 0.3) is 10.3 Å². The van der Waals surface area contributed by atoms with Gasteiger partial charge in [-0.15, -0.1) is 0 Å². The number of carbonyl (C=O) groups excluding carboxylic acids is 1. The number of hydrogen-bond acceptors (Lipinski definition) is 7. The van der Waals surface area contributed by atoms with Crippen LogP contribution in [-0.4, -0.2) is 84.6 Å². The van der Waals surface area contributed by atoms with Crippen LogP contribution in [0, 0.1) is 5.92 Å². The number of aromatic nitrogens is 2. The summed E-state index contributed by atoms with van der Waals surface area (Å²) in [4.78, 5) is 30.0. The molecule has 0 unspecified atom stereocenters. The van der Waals surface area contributed by atoms with Crippen molar-refractivity contribution in [3.8, 4) is 0 Å². The average molecular weight is 417 g/mol. The van der Waals surface area contributed by atoms with Gasteiger partial charge in [0, 0.05) is 52.0 Å². The number of likely N-dealkylation sites (N-methyl/N-ethyl adjacent to an activating group) is 1. The van der Waals surface area contributed by atoms with Gasteiger partial charge in [0.15, 0.2) is 5.13 Å². The largest absolute Gasteiger partial charge is 0.356 e. The molecule has 2 aromatic rings. The minimum Gasteiger partial charge on any atom is -0.356 e. The molecule has 0 saturated carbocycles. The number of nitrogens with one attached hydrogen (secondary N) is 1. The second-order valence-electron chi connectivity index (χ2n) is 8.03. The molecule has 4 heterocycles. The van der Waals surface area contributed by atoms with E-state index in [4.69, 9.17) is 4.98 Å². The molecule has 0 radical (unpaired) electrons. The van der Waals surface area contributed by atoms with Crippen LogP contribution in [0.2, 0.25) is 0 Å². The van der Waals surface area contributed by atoms with Gasteiger partial charge in [0.25, 0.3) is 0 Å². The van der Waals surface area contributed by atoms with Crippen molar-refractivity contribution in [2.45, 2.75) is 26.2 Å². The molecule has 7 nitrogen and oxygen atoms in total. The quantitative estimate of drug-likeness (QED) is 0.697. The molecule has 0 spiro atoms. The maximum atomic E-state index is 12.7. The molecule has 2 aliphatic heterocycles. The third kappa shape index (κ3) is 5.24. The number of pyridine rings is 1. The molecular weight excluding hydrogens is 384 g/mol. The van der Waals surface area contributed by atoms with E-state index in [0.717, 1.165) is 80.6 Å². The molecule has 2 saturated heterocycles. The van der Waals surface area contributed by atoms with E-state index < -0.39 is 0 Å². The van der Waals surface area contributed by atoms with Crippen molar-refractivity contribution in [2.75, 3.05) is 63.8 Å². The Morgan fingerprint density at radius 2 is 2.07 bits per heavy atom. The Kier molecular flexibility index (Phi) is 6.94. The van der Waals surface area contributed by atoms with E-state index >= 15 is 0 Å².